The Kier molecular flexibility index (Phi) is 21.2. The van der Waals surface area contributed by atoms with Crippen molar-refractivity contribution in [2.24, 2.45) is 0 Å². The summed E-state index contributed by atoms with van der Waals surface area (Å²) >= 11 is 18.3. The van der Waals surface area contributed by atoms with E-state index < -0.39 is 29.2 Å². The van der Waals surface area contributed by atoms with Gasteiger partial charge >= 0.3 is 0 Å². The summed E-state index contributed by atoms with van der Waals surface area (Å²) in [6, 6.07) is 25.9. The SMILES string of the molecule is C.COc1ccc(CNCc2nc(F)c(Br)cc2Br)cc1.COc1ccc(CNCc2nc(Sc3ccc(F)cc3F)c(Br)cc2Br)cc1.Fc1ccc(S)c(F)c1. The molecule has 6 aromatic rings. The lowest BCUT2D eigenvalue weighted by molar-refractivity contribution is 0.414. The number of aromatic nitrogens is 2. The monoisotopic (exact) mass is 1090 g/mol. The fourth-order valence-electron chi connectivity index (χ4n) is 4.57. The van der Waals surface area contributed by atoms with Crippen LogP contribution < -0.4 is 20.1 Å². The normalized spacial score (nSPS) is 10.4. The van der Waals surface area contributed by atoms with Crippen LogP contribution in [-0.2, 0) is 26.2 Å². The third-order valence-corrected chi connectivity index (χ3v) is 11.7. The Labute approximate surface area is 378 Å². The number of benzene rings is 4. The van der Waals surface area contributed by atoms with Crippen LogP contribution in [0, 0.1) is 29.2 Å². The second kappa shape index (κ2) is 24.9. The molecule has 0 saturated carbocycles. The number of hydrogen-bond donors (Lipinski definition) is 3. The van der Waals surface area contributed by atoms with Crippen LogP contribution in [0.3, 0.4) is 0 Å². The average Bonchev–Trinajstić information content (AvgIpc) is 3.19. The van der Waals surface area contributed by atoms with E-state index in [1.165, 1.54) is 18.2 Å². The summed E-state index contributed by atoms with van der Waals surface area (Å²) < 4.78 is 77.7. The molecule has 308 valence electrons. The van der Waals surface area contributed by atoms with Crippen molar-refractivity contribution in [3.8, 4) is 11.5 Å². The Bertz CT molecular complexity index is 2250. The highest BCUT2D eigenvalue weighted by Crippen LogP contribution is 2.36. The van der Waals surface area contributed by atoms with Gasteiger partial charge in [-0.25, -0.2) is 27.5 Å². The van der Waals surface area contributed by atoms with E-state index in [4.69, 9.17) is 9.47 Å². The molecule has 0 fully saturated rings. The Morgan fingerprint density at radius 1 is 0.569 bits per heavy atom. The highest BCUT2D eigenvalue weighted by molar-refractivity contribution is 9.11. The van der Waals surface area contributed by atoms with Gasteiger partial charge in [-0.3, -0.25) is 0 Å². The van der Waals surface area contributed by atoms with Gasteiger partial charge in [-0.15, -0.1) is 12.6 Å². The first-order valence-corrected chi connectivity index (χ1v) is 21.0. The van der Waals surface area contributed by atoms with E-state index in [9.17, 15) is 22.0 Å². The first-order chi connectivity index (χ1) is 27.3. The smallest absolute Gasteiger partial charge is 0.227 e. The lowest BCUT2D eigenvalue weighted by Crippen LogP contribution is -2.14. The highest BCUT2D eigenvalue weighted by Gasteiger charge is 2.14. The molecule has 0 aliphatic heterocycles. The summed E-state index contributed by atoms with van der Waals surface area (Å²) in [6.07, 6.45) is 0. The lowest BCUT2D eigenvalue weighted by Gasteiger charge is -2.11. The third kappa shape index (κ3) is 15.9. The Morgan fingerprint density at radius 2 is 1.03 bits per heavy atom. The molecule has 0 saturated heterocycles. The summed E-state index contributed by atoms with van der Waals surface area (Å²) in [5, 5.41) is 7.18. The maximum absolute atomic E-state index is 14.0. The average molecular weight is 1100 g/mol. The maximum atomic E-state index is 14.0. The number of halogens is 9. The summed E-state index contributed by atoms with van der Waals surface area (Å²) in [4.78, 5) is 8.98. The van der Waals surface area contributed by atoms with Gasteiger partial charge < -0.3 is 20.1 Å². The largest absolute Gasteiger partial charge is 0.497 e. The first-order valence-electron chi connectivity index (χ1n) is 16.6. The van der Waals surface area contributed by atoms with Crippen molar-refractivity contribution in [3.63, 3.8) is 0 Å². The van der Waals surface area contributed by atoms with Crippen molar-refractivity contribution in [2.45, 2.75) is 48.4 Å². The van der Waals surface area contributed by atoms with E-state index in [1.54, 1.807) is 20.3 Å². The van der Waals surface area contributed by atoms with Crippen LogP contribution in [0.15, 0.2) is 130 Å². The van der Waals surface area contributed by atoms with Crippen LogP contribution in [-0.4, -0.2) is 24.2 Å². The zero-order valence-electron chi connectivity index (χ0n) is 30.0. The van der Waals surface area contributed by atoms with Gasteiger partial charge in [0.15, 0.2) is 0 Å². The van der Waals surface area contributed by atoms with Gasteiger partial charge in [0.2, 0.25) is 5.95 Å². The van der Waals surface area contributed by atoms with E-state index >= 15 is 0 Å². The standard InChI is InChI=1S/C20H16Br2F2N2OS.C14H13Br2FN2O.C6H4F2S.CH4/c1-27-14-5-2-12(3-6-14)10-25-11-18-15(21)9-16(22)20(26-18)28-19-7-4-13(23)8-17(19)24;1-20-10-4-2-9(3-5-10)7-18-8-13-11(15)6-12(16)14(17)19-13;7-4-1-2-6(9)5(8)3-4;/h2-9,25H,10-11H2,1H3;2-6,18H,7-8H2,1H3;1-3,9H;1H4. The zero-order chi connectivity index (χ0) is 41.5. The number of nitrogens with one attached hydrogen (secondary N) is 2. The van der Waals surface area contributed by atoms with Gasteiger partial charge in [0.25, 0.3) is 0 Å². The lowest BCUT2D eigenvalue weighted by atomic mass is 10.2. The van der Waals surface area contributed by atoms with Crippen molar-refractivity contribution in [1.82, 2.24) is 20.6 Å². The van der Waals surface area contributed by atoms with Gasteiger partial charge in [0, 0.05) is 57.0 Å². The molecule has 2 N–H and O–H groups in total. The minimum absolute atomic E-state index is 0. The van der Waals surface area contributed by atoms with Gasteiger partial charge in [-0.2, -0.15) is 4.39 Å². The molecule has 0 atom stereocenters. The van der Waals surface area contributed by atoms with Gasteiger partial charge in [0.05, 0.1) is 34.6 Å². The molecule has 58 heavy (non-hydrogen) atoms. The van der Waals surface area contributed by atoms with Crippen molar-refractivity contribution in [1.29, 1.82) is 0 Å². The van der Waals surface area contributed by atoms with Crippen LogP contribution >= 0.6 is 88.1 Å². The van der Waals surface area contributed by atoms with Crippen LogP contribution in [0.5, 0.6) is 11.5 Å². The Balaban J connectivity index is 0.000000260. The fraction of sp³-hybridized carbons (Fsp3) is 0.171. The van der Waals surface area contributed by atoms with Gasteiger partial charge in [-0.1, -0.05) is 43.5 Å². The van der Waals surface area contributed by atoms with Crippen LogP contribution in [0.4, 0.5) is 22.0 Å². The molecule has 0 spiro atoms. The number of nitrogens with zero attached hydrogens (tertiary/aromatic N) is 2. The number of pyridine rings is 2. The number of rotatable bonds is 12. The van der Waals surface area contributed by atoms with Crippen LogP contribution in [0.25, 0.3) is 0 Å². The molecule has 0 aliphatic carbocycles. The second-order valence-corrected chi connectivity index (χ2v) is 16.5. The molecular formula is C41H37Br4F5N4O2S2. The molecule has 2 heterocycles. The molecule has 4 aromatic carbocycles. The van der Waals surface area contributed by atoms with Crippen molar-refractivity contribution >= 4 is 88.1 Å². The second-order valence-electron chi connectivity index (χ2n) is 11.6. The van der Waals surface area contributed by atoms with Crippen LogP contribution in [0.2, 0.25) is 0 Å². The quantitative estimate of drug-likeness (QED) is 0.0641. The molecule has 0 bridgehead atoms. The van der Waals surface area contributed by atoms with E-state index in [-0.39, 0.29) is 12.3 Å². The molecule has 17 heteroatoms. The number of hydrogen-bond acceptors (Lipinski definition) is 8. The van der Waals surface area contributed by atoms with E-state index in [1.807, 2.05) is 54.6 Å². The highest BCUT2D eigenvalue weighted by atomic mass is 79.9. The predicted octanol–water partition coefficient (Wildman–Crippen LogP) is 13.3. The third-order valence-electron chi connectivity index (χ3n) is 7.50. The van der Waals surface area contributed by atoms with Gasteiger partial charge in [-0.05, 0) is 136 Å². The van der Waals surface area contributed by atoms with Crippen LogP contribution in [0.1, 0.15) is 29.9 Å². The van der Waals surface area contributed by atoms with Crippen molar-refractivity contribution in [2.75, 3.05) is 14.2 Å². The number of thiol groups is 1. The fourth-order valence-corrected chi connectivity index (χ4v) is 7.93. The summed E-state index contributed by atoms with van der Waals surface area (Å²) in [5.41, 5.74) is 3.68. The number of methoxy groups -OCH3 is 2. The minimum atomic E-state index is -0.627. The summed E-state index contributed by atoms with van der Waals surface area (Å²) in [6.45, 7) is 2.36. The molecular weight excluding hydrogens is 1060 g/mol. The maximum Gasteiger partial charge on any atom is 0.227 e. The molecule has 2 aromatic heterocycles. The minimum Gasteiger partial charge on any atom is -0.497 e. The van der Waals surface area contributed by atoms with Crippen molar-refractivity contribution < 1.29 is 31.4 Å². The van der Waals surface area contributed by atoms with E-state index in [0.717, 1.165) is 71.7 Å². The Hall–Kier alpha value is -3.03. The van der Waals surface area contributed by atoms with Gasteiger partial charge in [0.1, 0.15) is 39.8 Å². The topological polar surface area (TPSA) is 68.3 Å². The Morgan fingerprint density at radius 3 is 1.50 bits per heavy atom. The molecule has 0 unspecified atom stereocenters. The zero-order valence-corrected chi connectivity index (χ0v) is 38.1. The summed E-state index contributed by atoms with van der Waals surface area (Å²) in [7, 11) is 3.27. The number of ether oxygens (including phenoxy) is 2. The predicted molar refractivity (Wildman–Crippen MR) is 237 cm³/mol. The molecule has 6 nitrogen and oxygen atoms in total. The molecule has 0 aliphatic rings. The summed E-state index contributed by atoms with van der Waals surface area (Å²) in [5.74, 6) is -1.28. The first kappa shape index (κ1) is 49.3. The van der Waals surface area contributed by atoms with Crippen molar-refractivity contribution in [3.05, 3.63) is 167 Å². The molecule has 6 rings (SSSR count). The van der Waals surface area contributed by atoms with E-state index in [0.29, 0.717) is 46.3 Å². The molecule has 0 amide bonds. The molecule has 0 radical (unpaired) electrons. The van der Waals surface area contributed by atoms with E-state index in [2.05, 4.69) is 97.0 Å².